The third-order valence-electron chi connectivity index (χ3n) is 7.62. The Morgan fingerprint density at radius 1 is 1.03 bits per heavy atom. The first-order valence-corrected chi connectivity index (χ1v) is 14.4. The van der Waals surface area contributed by atoms with Crippen LogP contribution in [0.2, 0.25) is 0 Å². The molecule has 0 bridgehead atoms. The molecule has 1 fully saturated rings. The van der Waals surface area contributed by atoms with Crippen LogP contribution in [-0.2, 0) is 6.42 Å². The van der Waals surface area contributed by atoms with Crippen LogP contribution in [0.15, 0.2) is 70.8 Å². The van der Waals surface area contributed by atoms with Gasteiger partial charge in [-0.3, -0.25) is 4.99 Å². The standard InChI is InChI=1S/C35H52N2/c1-12-15-34(28(9)19-32(24(4)5)17-16-25(6)13-2)36-35-21-33(20-31(14-3)29(35)10)30(11)37-22-26(7)18-27(8)23-37/h16-17,19-21,26-27H,4,11-15,18,22-23H2,1-3,5-10H3/b25-16+,28-19+,32-17-,36-34?. The molecule has 2 unspecified atom stereocenters. The Labute approximate surface area is 228 Å². The fraction of sp³-hybridized carbons (Fsp3) is 0.514. The molecule has 1 aliphatic rings. The molecule has 0 N–H and O–H groups in total. The highest BCUT2D eigenvalue weighted by molar-refractivity contribution is 6.02. The second-order valence-corrected chi connectivity index (χ2v) is 11.3. The second kappa shape index (κ2) is 14.4. The Morgan fingerprint density at radius 3 is 2.22 bits per heavy atom. The average Bonchev–Trinajstić information content (AvgIpc) is 2.85. The number of nitrogens with zero attached hydrogens (tertiary/aromatic N) is 2. The zero-order valence-electron chi connectivity index (χ0n) is 25.3. The predicted octanol–water partition coefficient (Wildman–Crippen LogP) is 10.2. The number of allylic oxidation sites excluding steroid dienone is 7. The molecule has 0 aromatic heterocycles. The first kappa shape index (κ1) is 30.6. The van der Waals surface area contributed by atoms with E-state index in [1.54, 1.807) is 0 Å². The van der Waals surface area contributed by atoms with Crippen LogP contribution in [0.3, 0.4) is 0 Å². The van der Waals surface area contributed by atoms with E-state index in [4.69, 9.17) is 4.99 Å². The van der Waals surface area contributed by atoms with Gasteiger partial charge in [-0.1, -0.05) is 77.5 Å². The summed E-state index contributed by atoms with van der Waals surface area (Å²) in [6.07, 6.45) is 12.0. The Kier molecular flexibility index (Phi) is 11.9. The van der Waals surface area contributed by atoms with Crippen LogP contribution in [0.25, 0.3) is 5.70 Å². The van der Waals surface area contributed by atoms with Crippen LogP contribution in [-0.4, -0.2) is 23.7 Å². The van der Waals surface area contributed by atoms with Gasteiger partial charge in [0.05, 0.1) is 5.69 Å². The second-order valence-electron chi connectivity index (χ2n) is 11.3. The van der Waals surface area contributed by atoms with Crippen LogP contribution < -0.4 is 0 Å². The number of benzene rings is 1. The highest BCUT2D eigenvalue weighted by atomic mass is 15.1. The van der Waals surface area contributed by atoms with Gasteiger partial charge in [-0.2, -0.15) is 0 Å². The summed E-state index contributed by atoms with van der Waals surface area (Å²) in [6.45, 7) is 31.0. The van der Waals surface area contributed by atoms with Crippen molar-refractivity contribution in [3.63, 3.8) is 0 Å². The molecular weight excluding hydrogens is 448 g/mol. The van der Waals surface area contributed by atoms with E-state index in [-0.39, 0.29) is 0 Å². The minimum absolute atomic E-state index is 0.699. The highest BCUT2D eigenvalue weighted by Crippen LogP contribution is 2.33. The summed E-state index contributed by atoms with van der Waals surface area (Å²) in [5, 5.41) is 0. The lowest BCUT2D eigenvalue weighted by atomic mass is 9.90. The SMILES string of the molecule is C=C(C)C(=C\C=C(/C)CC)/C=C(\C)C(CCC)=Nc1cc(C(=C)N2CC(C)CC(C)C2)cc(CC)c1C. The quantitative estimate of drug-likeness (QED) is 0.218. The van der Waals surface area contributed by atoms with E-state index in [2.05, 4.69) is 111 Å². The molecule has 1 heterocycles. The van der Waals surface area contributed by atoms with Crippen molar-refractivity contribution in [1.82, 2.24) is 4.90 Å². The monoisotopic (exact) mass is 500 g/mol. The van der Waals surface area contributed by atoms with Crippen molar-refractivity contribution >= 4 is 17.1 Å². The lowest BCUT2D eigenvalue weighted by molar-refractivity contribution is 0.204. The molecule has 0 radical (unpaired) electrons. The van der Waals surface area contributed by atoms with Crippen LogP contribution in [0.4, 0.5) is 5.69 Å². The maximum Gasteiger partial charge on any atom is 0.0671 e. The van der Waals surface area contributed by atoms with Crippen molar-refractivity contribution < 1.29 is 0 Å². The molecule has 0 spiro atoms. The molecule has 2 atom stereocenters. The van der Waals surface area contributed by atoms with Gasteiger partial charge in [0.1, 0.15) is 0 Å². The molecule has 1 aliphatic heterocycles. The Bertz CT molecular complexity index is 1080. The van der Waals surface area contributed by atoms with E-state index in [1.165, 1.54) is 34.3 Å². The molecule has 1 aromatic carbocycles. The molecular formula is C35H52N2. The van der Waals surface area contributed by atoms with Crippen molar-refractivity contribution in [1.29, 1.82) is 0 Å². The predicted molar refractivity (Wildman–Crippen MR) is 167 cm³/mol. The fourth-order valence-corrected chi connectivity index (χ4v) is 5.18. The number of hydrogen-bond acceptors (Lipinski definition) is 2. The van der Waals surface area contributed by atoms with Gasteiger partial charge in [0.2, 0.25) is 0 Å². The lowest BCUT2D eigenvalue weighted by Gasteiger charge is -2.38. The van der Waals surface area contributed by atoms with Crippen molar-refractivity contribution in [2.75, 3.05) is 13.1 Å². The lowest BCUT2D eigenvalue weighted by Crippen LogP contribution is -2.37. The molecule has 1 aromatic rings. The Morgan fingerprint density at radius 2 is 1.68 bits per heavy atom. The molecule has 37 heavy (non-hydrogen) atoms. The van der Waals surface area contributed by atoms with Gasteiger partial charge in [-0.05, 0) is 111 Å². The normalized spacial score (nSPS) is 19.9. The van der Waals surface area contributed by atoms with E-state index in [1.807, 2.05) is 0 Å². The van der Waals surface area contributed by atoms with Crippen molar-refractivity contribution in [3.05, 3.63) is 82.5 Å². The highest BCUT2D eigenvalue weighted by Gasteiger charge is 2.24. The van der Waals surface area contributed by atoms with Gasteiger partial charge in [-0.25, -0.2) is 0 Å². The number of piperidine rings is 1. The molecule has 0 amide bonds. The Hall–Kier alpha value is -2.61. The van der Waals surface area contributed by atoms with Crippen LogP contribution in [0, 0.1) is 18.8 Å². The Balaban J connectivity index is 2.55. The van der Waals surface area contributed by atoms with Crippen LogP contribution in [0.5, 0.6) is 0 Å². The minimum atomic E-state index is 0.699. The maximum absolute atomic E-state index is 5.31. The minimum Gasteiger partial charge on any atom is -0.371 e. The summed E-state index contributed by atoms with van der Waals surface area (Å²) >= 11 is 0. The molecule has 2 nitrogen and oxygen atoms in total. The summed E-state index contributed by atoms with van der Waals surface area (Å²) in [5.41, 5.74) is 12.0. The summed E-state index contributed by atoms with van der Waals surface area (Å²) in [7, 11) is 0. The van der Waals surface area contributed by atoms with Gasteiger partial charge < -0.3 is 4.90 Å². The first-order valence-electron chi connectivity index (χ1n) is 14.4. The van der Waals surface area contributed by atoms with E-state index in [0.29, 0.717) is 11.8 Å². The smallest absolute Gasteiger partial charge is 0.0671 e. The van der Waals surface area contributed by atoms with Gasteiger partial charge >= 0.3 is 0 Å². The molecule has 0 aliphatic carbocycles. The van der Waals surface area contributed by atoms with Gasteiger partial charge in [0.25, 0.3) is 0 Å². The first-order chi connectivity index (χ1) is 17.5. The van der Waals surface area contributed by atoms with E-state index < -0.39 is 0 Å². The third kappa shape index (κ3) is 8.73. The summed E-state index contributed by atoms with van der Waals surface area (Å²) < 4.78 is 0. The van der Waals surface area contributed by atoms with E-state index >= 15 is 0 Å². The average molecular weight is 501 g/mol. The number of aliphatic imine (C=N–C) groups is 1. The zero-order valence-corrected chi connectivity index (χ0v) is 25.3. The van der Waals surface area contributed by atoms with Crippen LogP contribution >= 0.6 is 0 Å². The van der Waals surface area contributed by atoms with E-state index in [9.17, 15) is 0 Å². The number of likely N-dealkylation sites (tertiary alicyclic amines) is 1. The third-order valence-corrected chi connectivity index (χ3v) is 7.62. The number of hydrogen-bond donors (Lipinski definition) is 0. The van der Waals surface area contributed by atoms with Crippen molar-refractivity contribution in [2.24, 2.45) is 16.8 Å². The van der Waals surface area contributed by atoms with Gasteiger partial charge in [0.15, 0.2) is 0 Å². The summed E-state index contributed by atoms with van der Waals surface area (Å²) in [5.74, 6) is 1.40. The van der Waals surface area contributed by atoms with E-state index in [0.717, 1.165) is 67.0 Å². The molecule has 1 saturated heterocycles. The molecule has 0 saturated carbocycles. The van der Waals surface area contributed by atoms with Gasteiger partial charge in [-0.15, -0.1) is 0 Å². The fourth-order valence-electron chi connectivity index (χ4n) is 5.18. The van der Waals surface area contributed by atoms with Gasteiger partial charge in [0, 0.05) is 24.5 Å². The number of aryl methyl sites for hydroxylation is 1. The largest absolute Gasteiger partial charge is 0.371 e. The number of rotatable bonds is 11. The molecule has 202 valence electrons. The van der Waals surface area contributed by atoms with Crippen LogP contribution in [0.1, 0.15) is 97.8 Å². The zero-order chi connectivity index (χ0) is 27.7. The maximum atomic E-state index is 5.31. The summed E-state index contributed by atoms with van der Waals surface area (Å²) in [6, 6.07) is 4.61. The molecule has 2 rings (SSSR count). The summed E-state index contributed by atoms with van der Waals surface area (Å²) in [4.78, 5) is 7.81. The molecule has 2 heteroatoms. The van der Waals surface area contributed by atoms with Crippen molar-refractivity contribution in [2.45, 2.75) is 94.4 Å². The van der Waals surface area contributed by atoms with Crippen molar-refractivity contribution in [3.8, 4) is 0 Å². The topological polar surface area (TPSA) is 15.6 Å².